The quantitative estimate of drug-likeness (QED) is 0.578. The van der Waals surface area contributed by atoms with Crippen LogP contribution >= 0.6 is 22.7 Å². The molecule has 6 nitrogen and oxygen atoms in total. The molecule has 0 aliphatic rings. The van der Waals surface area contributed by atoms with Gasteiger partial charge in [-0.1, -0.05) is 18.2 Å². The fourth-order valence-corrected chi connectivity index (χ4v) is 4.02. The molecule has 4 aromatic rings. The Morgan fingerprint density at radius 2 is 1.96 bits per heavy atom. The molecule has 0 saturated heterocycles. The first-order valence-electron chi connectivity index (χ1n) is 7.34. The van der Waals surface area contributed by atoms with Gasteiger partial charge in [0.15, 0.2) is 4.96 Å². The van der Waals surface area contributed by atoms with Crippen molar-refractivity contribution in [2.24, 2.45) is 5.73 Å². The fraction of sp³-hybridized carbons (Fsp3) is 0. The number of amides is 2. The lowest BCUT2D eigenvalue weighted by Gasteiger charge is -2.08. The molecule has 3 N–H and O–H groups in total. The van der Waals surface area contributed by atoms with Crippen LogP contribution in [0.4, 0.5) is 5.69 Å². The monoisotopic (exact) mass is 368 g/mol. The second-order valence-electron chi connectivity index (χ2n) is 5.24. The van der Waals surface area contributed by atoms with Crippen LogP contribution in [0.3, 0.4) is 0 Å². The summed E-state index contributed by atoms with van der Waals surface area (Å²) in [5.41, 5.74) is 7.29. The lowest BCUT2D eigenvalue weighted by molar-refractivity contribution is 0.100. The Kier molecular flexibility index (Phi) is 3.83. The van der Waals surface area contributed by atoms with Crippen LogP contribution in [0.25, 0.3) is 15.5 Å². The van der Waals surface area contributed by atoms with E-state index in [9.17, 15) is 9.59 Å². The van der Waals surface area contributed by atoms with Crippen LogP contribution in [-0.4, -0.2) is 21.2 Å². The van der Waals surface area contributed by atoms with Gasteiger partial charge in [0, 0.05) is 11.6 Å². The van der Waals surface area contributed by atoms with Crippen LogP contribution in [0.1, 0.15) is 20.8 Å². The summed E-state index contributed by atoms with van der Waals surface area (Å²) in [5.74, 6) is -0.913. The molecule has 0 atom stereocenters. The number of para-hydroxylation sites is 1. The molecule has 0 radical (unpaired) electrons. The highest BCUT2D eigenvalue weighted by Crippen LogP contribution is 2.27. The summed E-state index contributed by atoms with van der Waals surface area (Å²) in [6.07, 6.45) is 1.84. The minimum atomic E-state index is -0.589. The van der Waals surface area contributed by atoms with Gasteiger partial charge in [0.1, 0.15) is 11.4 Å². The minimum Gasteiger partial charge on any atom is -0.366 e. The Hall–Kier alpha value is -2.97. The third-order valence-corrected chi connectivity index (χ3v) is 5.39. The number of rotatable bonds is 4. The Morgan fingerprint density at radius 1 is 1.12 bits per heavy atom. The highest BCUT2D eigenvalue weighted by molar-refractivity contribution is 7.15. The van der Waals surface area contributed by atoms with Gasteiger partial charge >= 0.3 is 0 Å². The highest BCUT2D eigenvalue weighted by atomic mass is 32.1. The molecule has 0 aliphatic carbocycles. The number of carbonyl (C=O) groups is 2. The first-order valence-corrected chi connectivity index (χ1v) is 9.10. The molecule has 0 bridgehead atoms. The van der Waals surface area contributed by atoms with E-state index in [2.05, 4.69) is 10.3 Å². The van der Waals surface area contributed by atoms with Crippen molar-refractivity contribution in [3.63, 3.8) is 0 Å². The SMILES string of the molecule is NC(=O)c1ccccc1NC(=O)c1csc2nc(-c3cccs3)cn12. The van der Waals surface area contributed by atoms with Crippen LogP contribution in [-0.2, 0) is 0 Å². The van der Waals surface area contributed by atoms with Crippen molar-refractivity contribution in [2.45, 2.75) is 0 Å². The summed E-state index contributed by atoms with van der Waals surface area (Å²) in [5, 5.41) is 6.47. The molecule has 1 aromatic carbocycles. The number of fused-ring (bicyclic) bond motifs is 1. The van der Waals surface area contributed by atoms with Crippen LogP contribution in [0.15, 0.2) is 53.4 Å². The van der Waals surface area contributed by atoms with Crippen molar-refractivity contribution in [1.29, 1.82) is 0 Å². The van der Waals surface area contributed by atoms with Gasteiger partial charge in [0.25, 0.3) is 11.8 Å². The van der Waals surface area contributed by atoms with E-state index >= 15 is 0 Å². The number of anilines is 1. The number of thiophene rings is 1. The molecule has 0 spiro atoms. The predicted molar refractivity (Wildman–Crippen MR) is 99.3 cm³/mol. The van der Waals surface area contributed by atoms with Crippen LogP contribution < -0.4 is 11.1 Å². The van der Waals surface area contributed by atoms with E-state index in [1.54, 1.807) is 45.4 Å². The number of thiazole rings is 1. The van der Waals surface area contributed by atoms with E-state index in [4.69, 9.17) is 5.73 Å². The molecule has 4 rings (SSSR count). The number of carbonyl (C=O) groups excluding carboxylic acids is 2. The molecule has 0 aliphatic heterocycles. The van der Waals surface area contributed by atoms with Gasteiger partial charge in [-0.25, -0.2) is 4.98 Å². The zero-order chi connectivity index (χ0) is 17.4. The summed E-state index contributed by atoms with van der Waals surface area (Å²) in [6, 6.07) is 10.6. The molecular weight excluding hydrogens is 356 g/mol. The molecule has 124 valence electrons. The van der Waals surface area contributed by atoms with E-state index in [-0.39, 0.29) is 11.5 Å². The number of hydrogen-bond donors (Lipinski definition) is 2. The van der Waals surface area contributed by atoms with Crippen molar-refractivity contribution in [3.05, 3.63) is 64.6 Å². The molecule has 3 aromatic heterocycles. The highest BCUT2D eigenvalue weighted by Gasteiger charge is 2.17. The topological polar surface area (TPSA) is 89.5 Å². The van der Waals surface area contributed by atoms with E-state index in [0.29, 0.717) is 11.4 Å². The standard InChI is InChI=1S/C17H12N4O2S2/c18-15(22)10-4-1-2-5-11(10)19-16(23)13-9-25-17-20-12(8-21(13)17)14-6-3-7-24-14/h1-9H,(H2,18,22)(H,19,23). The third kappa shape index (κ3) is 2.81. The maximum Gasteiger partial charge on any atom is 0.273 e. The summed E-state index contributed by atoms with van der Waals surface area (Å²) in [6.45, 7) is 0. The van der Waals surface area contributed by atoms with Gasteiger partial charge < -0.3 is 11.1 Å². The largest absolute Gasteiger partial charge is 0.366 e. The molecule has 2 amide bonds. The summed E-state index contributed by atoms with van der Waals surface area (Å²) >= 11 is 2.98. The minimum absolute atomic E-state index is 0.271. The molecule has 8 heteroatoms. The van der Waals surface area contributed by atoms with Crippen LogP contribution in [0.5, 0.6) is 0 Å². The fourth-order valence-electron chi connectivity index (χ4n) is 2.48. The van der Waals surface area contributed by atoms with Crippen molar-refractivity contribution >= 4 is 45.1 Å². The maximum atomic E-state index is 12.7. The van der Waals surface area contributed by atoms with Gasteiger partial charge in [-0.05, 0) is 23.6 Å². The van der Waals surface area contributed by atoms with Crippen LogP contribution in [0.2, 0.25) is 0 Å². The van der Waals surface area contributed by atoms with Crippen LogP contribution in [0, 0.1) is 0 Å². The molecule has 25 heavy (non-hydrogen) atoms. The van der Waals surface area contributed by atoms with Gasteiger partial charge in [0.05, 0.1) is 16.1 Å². The van der Waals surface area contributed by atoms with Gasteiger partial charge in [-0.2, -0.15) is 0 Å². The number of aromatic nitrogens is 2. The van der Waals surface area contributed by atoms with Crippen molar-refractivity contribution in [3.8, 4) is 10.6 Å². The number of primary amides is 1. The van der Waals surface area contributed by atoms with Crippen molar-refractivity contribution in [1.82, 2.24) is 9.38 Å². The maximum absolute atomic E-state index is 12.7. The average molecular weight is 368 g/mol. The molecule has 0 fully saturated rings. The van der Waals surface area contributed by atoms with E-state index in [0.717, 1.165) is 15.5 Å². The lowest BCUT2D eigenvalue weighted by atomic mass is 10.1. The number of imidazole rings is 1. The normalized spacial score (nSPS) is 10.9. The van der Waals surface area contributed by atoms with Crippen molar-refractivity contribution < 1.29 is 9.59 Å². The lowest BCUT2D eigenvalue weighted by Crippen LogP contribution is -2.19. The van der Waals surface area contributed by atoms with Crippen molar-refractivity contribution in [2.75, 3.05) is 5.32 Å². The number of nitrogens with two attached hydrogens (primary N) is 1. The Balaban J connectivity index is 1.68. The summed E-state index contributed by atoms with van der Waals surface area (Å²) in [7, 11) is 0. The average Bonchev–Trinajstić information content (AvgIpc) is 3.31. The third-order valence-electron chi connectivity index (χ3n) is 3.66. The number of benzene rings is 1. The summed E-state index contributed by atoms with van der Waals surface area (Å²) in [4.78, 5) is 30.5. The first kappa shape index (κ1) is 15.6. The Labute approximate surface area is 150 Å². The number of nitrogens with one attached hydrogen (secondary N) is 1. The van der Waals surface area contributed by atoms with E-state index in [1.165, 1.54) is 11.3 Å². The second-order valence-corrected chi connectivity index (χ2v) is 7.03. The Morgan fingerprint density at radius 3 is 2.72 bits per heavy atom. The predicted octanol–water partition coefficient (Wildman–Crippen LogP) is 3.48. The smallest absolute Gasteiger partial charge is 0.273 e. The molecule has 0 unspecified atom stereocenters. The molecule has 3 heterocycles. The van der Waals surface area contributed by atoms with Gasteiger partial charge in [-0.3, -0.25) is 14.0 Å². The van der Waals surface area contributed by atoms with E-state index < -0.39 is 5.91 Å². The zero-order valence-electron chi connectivity index (χ0n) is 12.8. The first-order chi connectivity index (χ1) is 12.1. The van der Waals surface area contributed by atoms with Gasteiger partial charge in [0.2, 0.25) is 0 Å². The van der Waals surface area contributed by atoms with Gasteiger partial charge in [-0.15, -0.1) is 22.7 Å². The second kappa shape index (κ2) is 6.15. The Bertz CT molecular complexity index is 1080. The number of nitrogens with zero attached hydrogens (tertiary/aromatic N) is 2. The zero-order valence-corrected chi connectivity index (χ0v) is 14.4. The molecular formula is C17H12N4O2S2. The molecule has 0 saturated carbocycles. The van der Waals surface area contributed by atoms with E-state index in [1.807, 2.05) is 23.7 Å². The summed E-state index contributed by atoms with van der Waals surface area (Å²) < 4.78 is 1.75. The number of hydrogen-bond acceptors (Lipinski definition) is 5.